The van der Waals surface area contributed by atoms with Gasteiger partial charge in [-0.15, -0.1) is 0 Å². The van der Waals surface area contributed by atoms with Crippen LogP contribution < -0.4 is 20.8 Å². The number of Topliss-reactive ketones (excluding diaryl/α,β-unsaturated/α-hetero) is 1. The SMILES string of the molecule is CO[C@H]1/C=C/O[C@@]2(C)Oc3c(C)c(O)c4c(O)c(c5c(c4c3C2=O)=NC2(CCN(CC(C)C)CC2)N=5)NC(=O)/C(C)=C\C=C\[C@H](C)[C@H](O)[C@@H](C)[C@@H](O)[C@@H](C)[C@H](OC(=O)N2CCN3CCCC3C2)[C@@H]1C. The van der Waals surface area contributed by atoms with Crippen LogP contribution in [0.15, 0.2) is 46.1 Å². The number of amides is 2. The number of ketones is 1. The van der Waals surface area contributed by atoms with Crippen LogP contribution in [0, 0.1) is 36.5 Å². The molecule has 3 fully saturated rings. The number of benzene rings is 2. The van der Waals surface area contributed by atoms with E-state index in [-0.39, 0.29) is 61.4 Å². The highest BCUT2D eigenvalue weighted by molar-refractivity contribution is 6.19. The molecule has 0 aromatic heterocycles. The summed E-state index contributed by atoms with van der Waals surface area (Å²) in [5.41, 5.74) is -0.562. The average molecular weight is 957 g/mol. The number of fused-ring (bicyclic) bond motifs is 14. The predicted molar refractivity (Wildman–Crippen MR) is 259 cm³/mol. The van der Waals surface area contributed by atoms with Gasteiger partial charge in [-0.1, -0.05) is 59.8 Å². The Morgan fingerprint density at radius 3 is 2.33 bits per heavy atom. The van der Waals surface area contributed by atoms with E-state index in [0.717, 1.165) is 32.5 Å². The number of piperidine rings is 1. The second-order valence-corrected chi connectivity index (χ2v) is 21.0. The zero-order valence-electron chi connectivity index (χ0n) is 41.8. The van der Waals surface area contributed by atoms with Gasteiger partial charge in [0.15, 0.2) is 11.4 Å². The smallest absolute Gasteiger partial charge is 0.410 e. The molecular weight excluding hydrogens is 885 g/mol. The van der Waals surface area contributed by atoms with Gasteiger partial charge in [0.25, 0.3) is 11.7 Å². The molecule has 9 rings (SSSR count). The fourth-order valence-corrected chi connectivity index (χ4v) is 11.4. The average Bonchev–Trinajstić information content (AvgIpc) is 4.02. The van der Waals surface area contributed by atoms with E-state index in [0.29, 0.717) is 44.9 Å². The summed E-state index contributed by atoms with van der Waals surface area (Å²) < 4.78 is 25.0. The first-order chi connectivity index (χ1) is 32.7. The zero-order chi connectivity index (χ0) is 49.9. The van der Waals surface area contributed by atoms with Gasteiger partial charge in [-0.05, 0) is 45.2 Å². The second kappa shape index (κ2) is 19.6. The lowest BCUT2D eigenvalue weighted by Gasteiger charge is -2.41. The minimum atomic E-state index is -1.97. The molecule has 10 atom stereocenters. The molecule has 3 saturated heterocycles. The number of nitrogens with one attached hydrogen (secondary N) is 1. The van der Waals surface area contributed by atoms with E-state index in [4.69, 9.17) is 28.9 Å². The van der Waals surface area contributed by atoms with Crippen molar-refractivity contribution in [3.63, 3.8) is 0 Å². The first-order valence-electron chi connectivity index (χ1n) is 24.8. The number of nitrogens with zero attached hydrogens (tertiary/aromatic N) is 5. The molecule has 0 saturated carbocycles. The number of hydrogen-bond donors (Lipinski definition) is 5. The van der Waals surface area contributed by atoms with Gasteiger partial charge in [0.2, 0.25) is 0 Å². The molecule has 69 heavy (non-hydrogen) atoms. The molecule has 0 aliphatic carbocycles. The third-order valence-corrected chi connectivity index (χ3v) is 15.7. The van der Waals surface area contributed by atoms with E-state index in [1.54, 1.807) is 56.9 Å². The maximum absolute atomic E-state index is 14.9. The summed E-state index contributed by atoms with van der Waals surface area (Å²) in [6, 6.07) is 0.263. The molecule has 17 heteroatoms. The first-order valence-corrected chi connectivity index (χ1v) is 24.8. The summed E-state index contributed by atoms with van der Waals surface area (Å²) in [5, 5.41) is 51.1. The third-order valence-electron chi connectivity index (χ3n) is 15.7. The zero-order valence-corrected chi connectivity index (χ0v) is 41.8. The molecule has 2 aromatic rings. The number of carbonyl (C=O) groups excluding carboxylic acids is 3. The van der Waals surface area contributed by atoms with Crippen molar-refractivity contribution in [1.82, 2.24) is 14.7 Å². The number of piperazine rings is 1. The van der Waals surface area contributed by atoms with Crippen LogP contribution in [0.4, 0.5) is 10.5 Å². The Morgan fingerprint density at radius 2 is 1.64 bits per heavy atom. The minimum absolute atomic E-state index is 0.0415. The van der Waals surface area contributed by atoms with Crippen molar-refractivity contribution in [2.45, 2.75) is 130 Å². The lowest BCUT2D eigenvalue weighted by molar-refractivity contribution is -0.112. The van der Waals surface area contributed by atoms with E-state index in [2.05, 4.69) is 29.0 Å². The summed E-state index contributed by atoms with van der Waals surface area (Å²) in [4.78, 5) is 59.9. The molecule has 0 radical (unpaired) electrons. The fraction of sp³-hybridized carbons (Fsp3) is 0.635. The molecule has 17 nitrogen and oxygen atoms in total. The van der Waals surface area contributed by atoms with Crippen LogP contribution in [-0.4, -0.2) is 148 Å². The number of phenols is 2. The Morgan fingerprint density at radius 1 is 0.928 bits per heavy atom. The topological polar surface area (TPSA) is 216 Å². The second-order valence-electron chi connectivity index (χ2n) is 21.0. The summed E-state index contributed by atoms with van der Waals surface area (Å²) >= 11 is 0. The van der Waals surface area contributed by atoms with Crippen molar-refractivity contribution in [2.75, 3.05) is 58.2 Å². The minimum Gasteiger partial charge on any atom is -0.507 e. The van der Waals surface area contributed by atoms with Crippen LogP contribution in [0.3, 0.4) is 0 Å². The van der Waals surface area contributed by atoms with Crippen LogP contribution in [0.5, 0.6) is 17.2 Å². The number of likely N-dealkylation sites (tertiary alicyclic amines) is 1. The number of anilines is 1. The number of phenolic OH excluding ortho intramolecular Hbond substituents is 2. The highest BCUT2D eigenvalue weighted by Crippen LogP contribution is 2.50. The number of methoxy groups -OCH3 is 1. The summed E-state index contributed by atoms with van der Waals surface area (Å²) in [5.74, 6) is -5.96. The Balaban J connectivity index is 1.22. The molecule has 7 heterocycles. The van der Waals surface area contributed by atoms with Gasteiger partial charge in [0.1, 0.15) is 28.6 Å². The van der Waals surface area contributed by atoms with Crippen LogP contribution in [0.25, 0.3) is 10.8 Å². The van der Waals surface area contributed by atoms with E-state index >= 15 is 0 Å². The Bertz CT molecular complexity index is 2570. The Kier molecular flexibility index (Phi) is 14.3. The van der Waals surface area contributed by atoms with Gasteiger partial charge in [-0.25, -0.2) is 4.79 Å². The van der Waals surface area contributed by atoms with Crippen molar-refractivity contribution in [1.29, 1.82) is 0 Å². The van der Waals surface area contributed by atoms with Crippen LogP contribution >= 0.6 is 0 Å². The molecule has 5 N–H and O–H groups in total. The lowest BCUT2D eigenvalue weighted by atomic mass is 9.78. The van der Waals surface area contributed by atoms with Crippen LogP contribution in [0.1, 0.15) is 97.0 Å². The number of ether oxygens (including phenoxy) is 4. The van der Waals surface area contributed by atoms with Gasteiger partial charge >= 0.3 is 11.9 Å². The van der Waals surface area contributed by atoms with Gasteiger partial charge in [-0.3, -0.25) is 24.5 Å². The molecule has 5 bridgehead atoms. The third kappa shape index (κ3) is 9.37. The number of rotatable bonds is 4. The Hall–Kier alpha value is -5.07. The lowest BCUT2D eigenvalue weighted by Crippen LogP contribution is -2.54. The monoisotopic (exact) mass is 957 g/mol. The van der Waals surface area contributed by atoms with Crippen molar-refractivity contribution in [3.8, 4) is 17.2 Å². The molecule has 1 unspecified atom stereocenters. The van der Waals surface area contributed by atoms with E-state index < -0.39 is 83.1 Å². The normalized spacial score (nSPS) is 33.8. The van der Waals surface area contributed by atoms with Crippen molar-refractivity contribution in [2.24, 2.45) is 39.6 Å². The molecule has 7 aliphatic heterocycles. The number of aromatic hydroxyl groups is 2. The van der Waals surface area contributed by atoms with Crippen LogP contribution in [0.2, 0.25) is 0 Å². The van der Waals surface area contributed by atoms with Gasteiger partial charge in [0.05, 0.1) is 40.9 Å². The van der Waals surface area contributed by atoms with E-state index in [1.165, 1.54) is 20.3 Å². The first kappa shape index (κ1) is 50.3. The molecular formula is C52H72N6O11. The van der Waals surface area contributed by atoms with Crippen molar-refractivity contribution in [3.05, 3.63) is 58.0 Å². The molecule has 376 valence electrons. The highest BCUT2D eigenvalue weighted by Gasteiger charge is 2.50. The summed E-state index contributed by atoms with van der Waals surface area (Å²) in [7, 11) is 1.50. The van der Waals surface area contributed by atoms with Crippen LogP contribution in [-0.2, 0) is 19.0 Å². The largest absolute Gasteiger partial charge is 0.507 e. The predicted octanol–water partition coefficient (Wildman–Crippen LogP) is 5.10. The maximum atomic E-state index is 14.9. The fourth-order valence-electron chi connectivity index (χ4n) is 11.4. The summed E-state index contributed by atoms with van der Waals surface area (Å²) in [6.07, 6.45) is 6.66. The maximum Gasteiger partial charge on any atom is 0.410 e. The quantitative estimate of drug-likeness (QED) is 0.253. The molecule has 2 aromatic carbocycles. The van der Waals surface area contributed by atoms with Gasteiger partial charge in [0, 0.05) is 112 Å². The van der Waals surface area contributed by atoms with Gasteiger partial charge < -0.3 is 54.5 Å². The molecule has 2 amide bonds. The Labute approximate surface area is 404 Å². The number of hydrogen-bond acceptors (Lipinski definition) is 15. The number of aliphatic hydroxyl groups is 2. The van der Waals surface area contributed by atoms with Gasteiger partial charge in [-0.2, -0.15) is 0 Å². The highest BCUT2D eigenvalue weighted by atomic mass is 16.7. The standard InChI is InChI=1S/C52H72N6O11/c1-27(2)25-56-20-17-52(18-21-56)54-39-36-37-44(61)33(8)47-38(36)48(63)51(9,69-47)67-24-16-35(66-10)30(5)46(68-50(65)58-23-22-57-19-12-15-34(57)26-58)32(7)43(60)31(6)42(59)28(3)13-11-14-29(4)49(64)53-41(45(37)62)40(39)55-52/h11,13-14,16,24,27-28,30-32,34-35,42-43,46,59-62H,12,15,17-23,25-26H2,1-10H3,(H,53,64)/b13-11+,24-16+,29-14-/t28-,30+,31+,32+,34?,35-,42-,43+,46+,51-/m0/s1. The number of allylic oxidation sites excluding steroid dienone is 2. The van der Waals surface area contributed by atoms with E-state index in [1.807, 2.05) is 13.8 Å². The number of aliphatic hydroxyl groups excluding tert-OH is 2. The molecule has 1 spiro atoms. The van der Waals surface area contributed by atoms with E-state index in [9.17, 15) is 34.8 Å². The van der Waals surface area contributed by atoms with Crippen molar-refractivity contribution < 1.29 is 53.8 Å². The molecule has 7 aliphatic rings. The summed E-state index contributed by atoms with van der Waals surface area (Å²) in [6.45, 7) is 21.3. The van der Waals surface area contributed by atoms with Crippen molar-refractivity contribution >= 4 is 34.2 Å². The number of carbonyl (C=O) groups is 3.